The average molecular weight is 247 g/mol. The number of aromatic nitrogens is 1. The minimum absolute atomic E-state index is 0.193. The summed E-state index contributed by atoms with van der Waals surface area (Å²) in [6, 6.07) is 14.1. The van der Waals surface area contributed by atoms with Crippen LogP contribution in [-0.2, 0) is 6.42 Å². The number of benzene rings is 1. The van der Waals surface area contributed by atoms with Crippen LogP contribution in [0.15, 0.2) is 48.7 Å². The van der Waals surface area contributed by atoms with Crippen LogP contribution in [0.1, 0.15) is 17.3 Å². The van der Waals surface area contributed by atoms with Crippen molar-refractivity contribution in [2.24, 2.45) is 0 Å². The van der Waals surface area contributed by atoms with Gasteiger partial charge in [0.25, 0.3) is 0 Å². The molecule has 3 heteroatoms. The monoisotopic (exact) mass is 246 g/mol. The van der Waals surface area contributed by atoms with E-state index in [4.69, 9.17) is 11.6 Å². The Balaban J connectivity index is 2.21. The van der Waals surface area contributed by atoms with Gasteiger partial charge < -0.3 is 5.32 Å². The highest BCUT2D eigenvalue weighted by atomic mass is 35.5. The van der Waals surface area contributed by atoms with E-state index in [9.17, 15) is 0 Å². The standard InChI is InChI=1S/C14H15ClN2/c1-16-14(10-11-6-4-5-9-17-11)12-7-2-3-8-13(12)15/h2-9,14,16H,10H2,1H3. The zero-order chi connectivity index (χ0) is 12.1. The van der Waals surface area contributed by atoms with Crippen molar-refractivity contribution in [2.75, 3.05) is 7.05 Å². The Labute approximate surface area is 107 Å². The lowest BCUT2D eigenvalue weighted by atomic mass is 10.0. The quantitative estimate of drug-likeness (QED) is 0.896. The molecule has 0 saturated carbocycles. The Morgan fingerprint density at radius 3 is 2.59 bits per heavy atom. The number of halogens is 1. The van der Waals surface area contributed by atoms with Crippen molar-refractivity contribution in [1.29, 1.82) is 0 Å². The highest BCUT2D eigenvalue weighted by Gasteiger charge is 2.13. The van der Waals surface area contributed by atoms with E-state index in [1.807, 2.05) is 55.7 Å². The molecule has 2 aromatic rings. The maximum absolute atomic E-state index is 6.20. The minimum atomic E-state index is 0.193. The third-order valence-electron chi connectivity index (χ3n) is 2.77. The van der Waals surface area contributed by atoms with Gasteiger partial charge in [0.15, 0.2) is 0 Å². The fourth-order valence-electron chi connectivity index (χ4n) is 1.85. The molecule has 0 aliphatic rings. The zero-order valence-corrected chi connectivity index (χ0v) is 10.5. The van der Waals surface area contributed by atoms with Gasteiger partial charge in [0.1, 0.15) is 0 Å². The molecule has 0 saturated heterocycles. The minimum Gasteiger partial charge on any atom is -0.313 e. The average Bonchev–Trinajstić information content (AvgIpc) is 2.38. The number of pyridine rings is 1. The molecule has 88 valence electrons. The lowest BCUT2D eigenvalue weighted by Gasteiger charge is -2.17. The number of hydrogen-bond donors (Lipinski definition) is 1. The van der Waals surface area contributed by atoms with Crippen LogP contribution in [-0.4, -0.2) is 12.0 Å². The Hall–Kier alpha value is -1.38. The third-order valence-corrected chi connectivity index (χ3v) is 3.11. The van der Waals surface area contributed by atoms with Gasteiger partial charge in [-0.1, -0.05) is 35.9 Å². The van der Waals surface area contributed by atoms with Gasteiger partial charge in [0.05, 0.1) is 0 Å². The van der Waals surface area contributed by atoms with Crippen LogP contribution in [0, 0.1) is 0 Å². The molecule has 2 rings (SSSR count). The van der Waals surface area contributed by atoms with Gasteiger partial charge in [-0.3, -0.25) is 4.98 Å². The van der Waals surface area contributed by atoms with Crippen LogP contribution >= 0.6 is 11.6 Å². The summed E-state index contributed by atoms with van der Waals surface area (Å²) in [4.78, 5) is 4.34. The molecule has 1 heterocycles. The smallest absolute Gasteiger partial charge is 0.0453 e. The van der Waals surface area contributed by atoms with Crippen LogP contribution in [0.2, 0.25) is 5.02 Å². The molecule has 1 atom stereocenters. The van der Waals surface area contributed by atoms with Crippen molar-refractivity contribution in [3.63, 3.8) is 0 Å². The summed E-state index contributed by atoms with van der Waals surface area (Å²) in [5.41, 5.74) is 2.18. The molecule has 17 heavy (non-hydrogen) atoms. The summed E-state index contributed by atoms with van der Waals surface area (Å²) in [6.45, 7) is 0. The molecule has 0 bridgehead atoms. The van der Waals surface area contributed by atoms with Gasteiger partial charge in [0, 0.05) is 29.4 Å². The highest BCUT2D eigenvalue weighted by molar-refractivity contribution is 6.31. The van der Waals surface area contributed by atoms with E-state index in [2.05, 4.69) is 10.3 Å². The summed E-state index contributed by atoms with van der Waals surface area (Å²) < 4.78 is 0. The first kappa shape index (κ1) is 12.1. The molecule has 0 fully saturated rings. The summed E-state index contributed by atoms with van der Waals surface area (Å²) >= 11 is 6.20. The molecule has 1 unspecified atom stereocenters. The molecule has 0 radical (unpaired) electrons. The van der Waals surface area contributed by atoms with E-state index in [-0.39, 0.29) is 6.04 Å². The number of rotatable bonds is 4. The summed E-state index contributed by atoms with van der Waals surface area (Å²) in [6.07, 6.45) is 2.65. The molecule has 0 spiro atoms. The van der Waals surface area contributed by atoms with Gasteiger partial charge >= 0.3 is 0 Å². The predicted octanol–water partition coefficient (Wildman–Crippen LogP) is 3.24. The Morgan fingerprint density at radius 2 is 1.94 bits per heavy atom. The Bertz CT molecular complexity index is 471. The number of likely N-dealkylation sites (N-methyl/N-ethyl adjacent to an activating group) is 1. The van der Waals surface area contributed by atoms with Crippen LogP contribution in [0.3, 0.4) is 0 Å². The lowest BCUT2D eigenvalue weighted by molar-refractivity contribution is 0.584. The first-order valence-electron chi connectivity index (χ1n) is 5.63. The molecular formula is C14H15ClN2. The van der Waals surface area contributed by atoms with E-state index in [0.717, 1.165) is 22.7 Å². The molecular weight excluding hydrogens is 232 g/mol. The van der Waals surface area contributed by atoms with E-state index >= 15 is 0 Å². The maximum Gasteiger partial charge on any atom is 0.0453 e. The molecule has 0 amide bonds. The van der Waals surface area contributed by atoms with Crippen molar-refractivity contribution in [3.05, 3.63) is 64.9 Å². The largest absolute Gasteiger partial charge is 0.313 e. The fraction of sp³-hybridized carbons (Fsp3) is 0.214. The SMILES string of the molecule is CNC(Cc1ccccn1)c1ccccc1Cl. The zero-order valence-electron chi connectivity index (χ0n) is 9.73. The fourth-order valence-corrected chi connectivity index (χ4v) is 2.12. The maximum atomic E-state index is 6.20. The number of nitrogens with zero attached hydrogens (tertiary/aromatic N) is 1. The van der Waals surface area contributed by atoms with E-state index in [0.29, 0.717) is 0 Å². The van der Waals surface area contributed by atoms with Crippen molar-refractivity contribution in [3.8, 4) is 0 Å². The Kier molecular flexibility index (Phi) is 4.13. The summed E-state index contributed by atoms with van der Waals surface area (Å²) in [5, 5.41) is 4.08. The topological polar surface area (TPSA) is 24.9 Å². The molecule has 0 aliphatic heterocycles. The van der Waals surface area contributed by atoms with Crippen molar-refractivity contribution >= 4 is 11.6 Å². The second-order valence-electron chi connectivity index (χ2n) is 3.89. The van der Waals surface area contributed by atoms with Gasteiger partial charge in [-0.15, -0.1) is 0 Å². The van der Waals surface area contributed by atoms with E-state index in [1.54, 1.807) is 0 Å². The summed E-state index contributed by atoms with van der Waals surface area (Å²) in [7, 11) is 1.94. The molecule has 2 nitrogen and oxygen atoms in total. The van der Waals surface area contributed by atoms with Gasteiger partial charge in [-0.05, 0) is 30.8 Å². The summed E-state index contributed by atoms with van der Waals surface area (Å²) in [5.74, 6) is 0. The van der Waals surface area contributed by atoms with Crippen molar-refractivity contribution < 1.29 is 0 Å². The van der Waals surface area contributed by atoms with Crippen molar-refractivity contribution in [2.45, 2.75) is 12.5 Å². The van der Waals surface area contributed by atoms with Crippen LogP contribution in [0.5, 0.6) is 0 Å². The first-order valence-corrected chi connectivity index (χ1v) is 6.00. The highest BCUT2D eigenvalue weighted by Crippen LogP contribution is 2.24. The molecule has 1 aromatic carbocycles. The lowest BCUT2D eigenvalue weighted by Crippen LogP contribution is -2.19. The van der Waals surface area contributed by atoms with Crippen LogP contribution in [0.25, 0.3) is 0 Å². The second-order valence-corrected chi connectivity index (χ2v) is 4.30. The van der Waals surface area contributed by atoms with Crippen molar-refractivity contribution in [1.82, 2.24) is 10.3 Å². The predicted molar refractivity (Wildman–Crippen MR) is 71.2 cm³/mol. The normalized spacial score (nSPS) is 12.4. The van der Waals surface area contributed by atoms with Crippen LogP contribution in [0.4, 0.5) is 0 Å². The van der Waals surface area contributed by atoms with Crippen LogP contribution < -0.4 is 5.32 Å². The number of nitrogens with one attached hydrogen (secondary N) is 1. The molecule has 1 aromatic heterocycles. The van der Waals surface area contributed by atoms with Gasteiger partial charge in [-0.2, -0.15) is 0 Å². The Morgan fingerprint density at radius 1 is 1.18 bits per heavy atom. The third kappa shape index (κ3) is 3.05. The molecule has 0 aliphatic carbocycles. The van der Waals surface area contributed by atoms with Gasteiger partial charge in [-0.25, -0.2) is 0 Å². The van der Waals surface area contributed by atoms with Gasteiger partial charge in [0.2, 0.25) is 0 Å². The van der Waals surface area contributed by atoms with E-state index in [1.165, 1.54) is 0 Å². The second kappa shape index (κ2) is 5.80. The molecule has 1 N–H and O–H groups in total. The van der Waals surface area contributed by atoms with E-state index < -0.39 is 0 Å². The number of hydrogen-bond acceptors (Lipinski definition) is 2. The first-order chi connectivity index (χ1) is 8.31.